The minimum Gasteiger partial charge on any atom is -0.457 e. The molecule has 31 heavy (non-hydrogen) atoms. The van der Waals surface area contributed by atoms with E-state index >= 15 is 0 Å². The summed E-state index contributed by atoms with van der Waals surface area (Å²) in [6.45, 7) is 3.91. The number of hydrogen-bond acceptors (Lipinski definition) is 6. The molecular formula is C23H27N5O3. The molecule has 0 saturated carbocycles. The molecule has 3 aliphatic rings. The first kappa shape index (κ1) is 19.8. The highest BCUT2D eigenvalue weighted by Gasteiger charge is 2.55. The van der Waals surface area contributed by atoms with E-state index in [0.29, 0.717) is 6.54 Å². The van der Waals surface area contributed by atoms with Crippen LogP contribution >= 0.6 is 0 Å². The van der Waals surface area contributed by atoms with E-state index in [0.717, 1.165) is 36.7 Å². The van der Waals surface area contributed by atoms with Crippen molar-refractivity contribution >= 4 is 17.6 Å². The fourth-order valence-corrected chi connectivity index (χ4v) is 4.80. The maximum Gasteiger partial charge on any atom is 0.327 e. The van der Waals surface area contributed by atoms with Gasteiger partial charge in [-0.3, -0.25) is 19.9 Å². The molecule has 0 bridgehead atoms. The number of amides is 3. The number of ether oxygens (including phenoxy) is 1. The summed E-state index contributed by atoms with van der Waals surface area (Å²) in [5, 5.41) is 3.53. The molecule has 3 amide bonds. The molecular weight excluding hydrogens is 394 g/mol. The number of carbonyl (C=O) groups excluding carboxylic acids is 2. The smallest absolute Gasteiger partial charge is 0.327 e. The first-order valence-electron chi connectivity index (χ1n) is 10.8. The monoisotopic (exact) mass is 421 g/mol. The number of anilines is 1. The van der Waals surface area contributed by atoms with Crippen molar-refractivity contribution in [3.63, 3.8) is 0 Å². The van der Waals surface area contributed by atoms with Crippen LogP contribution in [0.2, 0.25) is 0 Å². The molecule has 3 atom stereocenters. The summed E-state index contributed by atoms with van der Waals surface area (Å²) in [5.41, 5.74) is 1.05. The summed E-state index contributed by atoms with van der Waals surface area (Å²) >= 11 is 0. The quantitative estimate of drug-likeness (QED) is 0.818. The lowest BCUT2D eigenvalue weighted by atomic mass is 10.1. The Balaban J connectivity index is 1.37. The van der Waals surface area contributed by atoms with Gasteiger partial charge in [0.25, 0.3) is 5.91 Å². The lowest BCUT2D eigenvalue weighted by Gasteiger charge is -2.43. The third-order valence-electron chi connectivity index (χ3n) is 6.33. The summed E-state index contributed by atoms with van der Waals surface area (Å²) in [4.78, 5) is 33.1. The largest absolute Gasteiger partial charge is 0.457 e. The molecule has 3 saturated heterocycles. The average molecular weight is 422 g/mol. The number of nitrogens with zero attached hydrogens (tertiary/aromatic N) is 4. The van der Waals surface area contributed by atoms with Gasteiger partial charge in [-0.15, -0.1) is 0 Å². The van der Waals surface area contributed by atoms with Gasteiger partial charge in [0.15, 0.2) is 0 Å². The number of imide groups is 1. The van der Waals surface area contributed by atoms with Gasteiger partial charge in [0.05, 0.1) is 0 Å². The van der Waals surface area contributed by atoms with E-state index in [2.05, 4.69) is 15.1 Å². The second-order valence-corrected chi connectivity index (χ2v) is 8.10. The molecule has 0 spiro atoms. The fraction of sp³-hybridized carbons (Fsp3) is 0.391. The summed E-state index contributed by atoms with van der Waals surface area (Å²) in [6, 6.07) is 17.1. The third-order valence-corrected chi connectivity index (χ3v) is 6.33. The molecule has 2 aromatic rings. The van der Waals surface area contributed by atoms with Crippen molar-refractivity contribution in [1.82, 2.24) is 20.0 Å². The van der Waals surface area contributed by atoms with E-state index in [9.17, 15) is 9.59 Å². The predicted octanol–water partition coefficient (Wildman–Crippen LogP) is 2.49. The number of fused-ring (bicyclic) bond motifs is 3. The molecule has 0 radical (unpaired) electrons. The number of nitrogens with one attached hydrogen (secondary N) is 1. The number of likely N-dealkylation sites (N-methyl/N-ethyl adjacent to an activating group) is 2. The van der Waals surface area contributed by atoms with Crippen molar-refractivity contribution in [2.24, 2.45) is 0 Å². The van der Waals surface area contributed by atoms with Crippen molar-refractivity contribution in [3.8, 4) is 11.5 Å². The zero-order valence-corrected chi connectivity index (χ0v) is 17.8. The highest BCUT2D eigenvalue weighted by Crippen LogP contribution is 2.34. The maximum atomic E-state index is 13.1. The van der Waals surface area contributed by atoms with E-state index in [4.69, 9.17) is 4.74 Å². The number of para-hydroxylation sites is 1. The molecule has 1 N–H and O–H groups in total. The molecule has 0 aliphatic carbocycles. The molecule has 3 aliphatic heterocycles. The molecule has 162 valence electrons. The number of benzene rings is 2. The number of hydrogen-bond donors (Lipinski definition) is 1. The zero-order chi connectivity index (χ0) is 21.5. The van der Waals surface area contributed by atoms with Crippen molar-refractivity contribution in [2.45, 2.75) is 31.8 Å². The van der Waals surface area contributed by atoms with Crippen LogP contribution in [-0.2, 0) is 4.79 Å². The Morgan fingerprint density at radius 2 is 1.71 bits per heavy atom. The molecule has 5 rings (SSSR count). The van der Waals surface area contributed by atoms with Gasteiger partial charge in [-0.25, -0.2) is 4.79 Å². The Kier molecular flexibility index (Phi) is 5.03. The summed E-state index contributed by atoms with van der Waals surface area (Å²) < 4.78 is 5.91. The third kappa shape index (κ3) is 3.32. The topological polar surface area (TPSA) is 68.4 Å². The summed E-state index contributed by atoms with van der Waals surface area (Å²) in [7, 11) is 1.76. The Labute approximate surface area is 182 Å². The SMILES string of the molecule is CCN1C(=O)C2C(NC3N(c4ccc(Oc5ccccc5)cc4)CCCN23)N(C)C1=O. The van der Waals surface area contributed by atoms with Crippen molar-refractivity contribution in [3.05, 3.63) is 54.6 Å². The molecule has 8 nitrogen and oxygen atoms in total. The van der Waals surface area contributed by atoms with Crippen LogP contribution in [0.5, 0.6) is 11.5 Å². The molecule has 2 aromatic carbocycles. The van der Waals surface area contributed by atoms with Crippen LogP contribution in [0.3, 0.4) is 0 Å². The van der Waals surface area contributed by atoms with Gasteiger partial charge in [0, 0.05) is 32.4 Å². The van der Waals surface area contributed by atoms with Crippen LogP contribution in [0, 0.1) is 0 Å². The van der Waals surface area contributed by atoms with E-state index < -0.39 is 0 Å². The highest BCUT2D eigenvalue weighted by atomic mass is 16.5. The fourth-order valence-electron chi connectivity index (χ4n) is 4.80. The average Bonchev–Trinajstić information content (AvgIpc) is 3.19. The van der Waals surface area contributed by atoms with Crippen molar-refractivity contribution in [1.29, 1.82) is 0 Å². The minimum atomic E-state index is -0.365. The van der Waals surface area contributed by atoms with E-state index in [1.165, 1.54) is 4.90 Å². The van der Waals surface area contributed by atoms with Gasteiger partial charge in [0.1, 0.15) is 30.0 Å². The van der Waals surface area contributed by atoms with Gasteiger partial charge in [-0.2, -0.15) is 0 Å². The van der Waals surface area contributed by atoms with Crippen molar-refractivity contribution in [2.75, 3.05) is 31.6 Å². The number of urea groups is 1. The Bertz CT molecular complexity index is 967. The second-order valence-electron chi connectivity index (χ2n) is 8.10. The Morgan fingerprint density at radius 1 is 1.00 bits per heavy atom. The Morgan fingerprint density at radius 3 is 2.42 bits per heavy atom. The highest BCUT2D eigenvalue weighted by molar-refractivity contribution is 6.00. The number of rotatable bonds is 4. The first-order valence-corrected chi connectivity index (χ1v) is 10.8. The summed E-state index contributed by atoms with van der Waals surface area (Å²) in [5.74, 6) is 1.46. The van der Waals surface area contributed by atoms with E-state index in [1.807, 2.05) is 61.5 Å². The van der Waals surface area contributed by atoms with Crippen LogP contribution in [0.1, 0.15) is 13.3 Å². The predicted molar refractivity (Wildman–Crippen MR) is 117 cm³/mol. The van der Waals surface area contributed by atoms with Crippen LogP contribution in [0.4, 0.5) is 10.5 Å². The normalized spacial score (nSPS) is 26.1. The summed E-state index contributed by atoms with van der Waals surface area (Å²) in [6.07, 6.45) is 0.482. The number of carbonyl (C=O) groups is 2. The van der Waals surface area contributed by atoms with Crippen LogP contribution in [0.15, 0.2) is 54.6 Å². The molecule has 8 heteroatoms. The first-order chi connectivity index (χ1) is 15.1. The standard InChI is InChI=1S/C23H27N5O3/c1-3-26-21(29)19-20(25(2)23(26)30)24-22-27(14-7-15-28(19)22)16-10-12-18(13-11-16)31-17-8-5-4-6-9-17/h4-6,8-13,19-20,22,24H,3,7,14-15H2,1-2H3. The lowest BCUT2D eigenvalue weighted by Crippen LogP contribution is -2.66. The molecule has 3 unspecified atom stereocenters. The molecule has 3 heterocycles. The molecule has 3 fully saturated rings. The Hall–Kier alpha value is -3.10. The van der Waals surface area contributed by atoms with Crippen LogP contribution in [-0.4, -0.2) is 71.8 Å². The van der Waals surface area contributed by atoms with Gasteiger partial charge in [-0.05, 0) is 49.7 Å². The van der Waals surface area contributed by atoms with E-state index in [1.54, 1.807) is 11.9 Å². The maximum absolute atomic E-state index is 13.1. The van der Waals surface area contributed by atoms with Gasteiger partial charge < -0.3 is 14.5 Å². The van der Waals surface area contributed by atoms with Gasteiger partial charge >= 0.3 is 6.03 Å². The lowest BCUT2D eigenvalue weighted by molar-refractivity contribution is -0.138. The minimum absolute atomic E-state index is 0.112. The molecule has 0 aromatic heterocycles. The zero-order valence-electron chi connectivity index (χ0n) is 17.8. The van der Waals surface area contributed by atoms with Crippen LogP contribution in [0.25, 0.3) is 0 Å². The van der Waals surface area contributed by atoms with Crippen LogP contribution < -0.4 is 15.0 Å². The van der Waals surface area contributed by atoms with Gasteiger partial charge in [-0.1, -0.05) is 18.2 Å². The second kappa shape index (κ2) is 7.86. The van der Waals surface area contributed by atoms with Crippen molar-refractivity contribution < 1.29 is 14.3 Å². The van der Waals surface area contributed by atoms with Gasteiger partial charge in [0.2, 0.25) is 0 Å². The van der Waals surface area contributed by atoms with E-state index in [-0.39, 0.29) is 30.4 Å².